The fourth-order valence-corrected chi connectivity index (χ4v) is 2.43. The number of nitrogens with one attached hydrogen (secondary N) is 1. The lowest BCUT2D eigenvalue weighted by Crippen LogP contribution is -2.15. The van der Waals surface area contributed by atoms with Crippen molar-refractivity contribution < 1.29 is 9.63 Å². The van der Waals surface area contributed by atoms with Crippen LogP contribution in [-0.2, 0) is 0 Å². The summed E-state index contributed by atoms with van der Waals surface area (Å²) < 4.78 is 5.19. The minimum atomic E-state index is -0.318. The first-order valence-corrected chi connectivity index (χ1v) is 6.05. The van der Waals surface area contributed by atoms with Crippen LogP contribution in [0.4, 0.5) is 0 Å². The molecule has 0 aromatic carbocycles. The maximum atomic E-state index is 9.40. The molecule has 0 radical (unpaired) electrons. The first-order valence-electron chi connectivity index (χ1n) is 5.10. The molecule has 0 spiro atoms. The van der Waals surface area contributed by atoms with Crippen LogP contribution in [0.1, 0.15) is 18.4 Å². The van der Waals surface area contributed by atoms with Crippen LogP contribution in [0.5, 0.6) is 0 Å². The van der Waals surface area contributed by atoms with Gasteiger partial charge < -0.3 is 14.9 Å². The monoisotopic (exact) mass is 237 g/mol. The first-order chi connectivity index (χ1) is 7.83. The number of aliphatic hydroxyl groups excluding tert-OH is 1. The van der Waals surface area contributed by atoms with Gasteiger partial charge in [-0.05, 0) is 17.9 Å². The van der Waals surface area contributed by atoms with Crippen molar-refractivity contribution >= 4 is 11.3 Å². The zero-order chi connectivity index (χ0) is 11.0. The number of aliphatic hydroxyl groups is 1. The van der Waals surface area contributed by atoms with E-state index < -0.39 is 0 Å². The molecule has 1 aliphatic rings. The van der Waals surface area contributed by atoms with Gasteiger partial charge in [-0.1, -0.05) is 5.16 Å². The van der Waals surface area contributed by atoms with Crippen LogP contribution in [0.25, 0.3) is 11.4 Å². The molecule has 2 aromatic rings. The van der Waals surface area contributed by atoms with E-state index in [2.05, 4.69) is 15.5 Å². The molecular weight excluding hydrogens is 226 g/mol. The Kier molecular flexibility index (Phi) is 2.47. The highest BCUT2D eigenvalue weighted by Crippen LogP contribution is 2.25. The van der Waals surface area contributed by atoms with Gasteiger partial charge in [0.25, 0.3) is 0 Å². The van der Waals surface area contributed by atoms with Gasteiger partial charge in [0.15, 0.2) is 0 Å². The summed E-state index contributed by atoms with van der Waals surface area (Å²) in [5.74, 6) is 1.16. The van der Waals surface area contributed by atoms with E-state index in [-0.39, 0.29) is 12.1 Å². The van der Waals surface area contributed by atoms with Crippen LogP contribution in [0, 0.1) is 0 Å². The SMILES string of the molecule is OC1CNC(c2nc(-c3ccsc3)no2)C1. The van der Waals surface area contributed by atoms with Crippen molar-refractivity contribution in [3.8, 4) is 11.4 Å². The standard InChI is InChI=1S/C10H11N3O2S/c14-7-3-8(11-4-7)10-12-9(13-15-10)6-1-2-16-5-6/h1-2,5,7-8,11,14H,3-4H2. The first kappa shape index (κ1) is 9.95. The van der Waals surface area contributed by atoms with Gasteiger partial charge in [0, 0.05) is 17.5 Å². The van der Waals surface area contributed by atoms with Crippen LogP contribution >= 0.6 is 11.3 Å². The minimum absolute atomic E-state index is 0.0186. The molecule has 0 amide bonds. The lowest BCUT2D eigenvalue weighted by molar-refractivity contribution is 0.191. The van der Waals surface area contributed by atoms with Gasteiger partial charge in [0.1, 0.15) is 0 Å². The number of nitrogens with zero attached hydrogens (tertiary/aromatic N) is 2. The van der Waals surface area contributed by atoms with Crippen LogP contribution in [0.3, 0.4) is 0 Å². The number of hydrogen-bond donors (Lipinski definition) is 2. The van der Waals surface area contributed by atoms with Crippen molar-refractivity contribution in [1.29, 1.82) is 0 Å². The molecule has 1 aliphatic heterocycles. The quantitative estimate of drug-likeness (QED) is 0.821. The Hall–Kier alpha value is -1.24. The molecule has 2 atom stereocenters. The average molecular weight is 237 g/mol. The smallest absolute Gasteiger partial charge is 0.244 e. The van der Waals surface area contributed by atoms with E-state index in [9.17, 15) is 5.11 Å². The Balaban J connectivity index is 1.83. The Labute approximate surface area is 96.1 Å². The van der Waals surface area contributed by atoms with Crippen molar-refractivity contribution in [3.63, 3.8) is 0 Å². The Bertz CT molecular complexity index is 468. The molecule has 1 fully saturated rings. The third-order valence-corrected chi connectivity index (χ3v) is 3.31. The zero-order valence-corrected chi connectivity index (χ0v) is 9.28. The molecule has 2 unspecified atom stereocenters. The fraction of sp³-hybridized carbons (Fsp3) is 0.400. The number of β-amino-alcohol motifs (C(OH)–C–C–N with tert-alkyl or cyclic N) is 1. The molecule has 5 nitrogen and oxygen atoms in total. The molecule has 6 heteroatoms. The lowest BCUT2D eigenvalue weighted by atomic mass is 10.2. The number of aromatic nitrogens is 2. The van der Waals surface area contributed by atoms with Gasteiger partial charge in [0.05, 0.1) is 12.1 Å². The van der Waals surface area contributed by atoms with E-state index in [0.717, 1.165) is 5.56 Å². The largest absolute Gasteiger partial charge is 0.392 e. The van der Waals surface area contributed by atoms with Crippen molar-refractivity contribution in [3.05, 3.63) is 22.7 Å². The maximum Gasteiger partial charge on any atom is 0.244 e. The van der Waals surface area contributed by atoms with E-state index in [4.69, 9.17) is 4.52 Å². The normalized spacial score (nSPS) is 25.1. The minimum Gasteiger partial charge on any atom is -0.392 e. The molecule has 0 bridgehead atoms. The van der Waals surface area contributed by atoms with Crippen LogP contribution < -0.4 is 5.32 Å². The van der Waals surface area contributed by atoms with Crippen molar-refractivity contribution in [1.82, 2.24) is 15.5 Å². The molecule has 2 aromatic heterocycles. The Morgan fingerprint density at radius 1 is 1.56 bits per heavy atom. The predicted molar refractivity (Wildman–Crippen MR) is 59.0 cm³/mol. The molecule has 1 saturated heterocycles. The summed E-state index contributed by atoms with van der Waals surface area (Å²) in [6, 6.07) is 1.94. The molecule has 2 N–H and O–H groups in total. The Morgan fingerprint density at radius 3 is 3.19 bits per heavy atom. The second-order valence-corrected chi connectivity index (χ2v) is 4.60. The third-order valence-electron chi connectivity index (χ3n) is 2.63. The number of thiophene rings is 1. The summed E-state index contributed by atoms with van der Waals surface area (Å²) >= 11 is 1.60. The summed E-state index contributed by atoms with van der Waals surface area (Å²) in [7, 11) is 0. The third kappa shape index (κ3) is 1.75. The van der Waals surface area contributed by atoms with Crippen LogP contribution in [-0.4, -0.2) is 27.9 Å². The number of hydrogen-bond acceptors (Lipinski definition) is 6. The highest BCUT2D eigenvalue weighted by atomic mass is 32.1. The van der Waals surface area contributed by atoms with Gasteiger partial charge in [0.2, 0.25) is 11.7 Å². The summed E-state index contributed by atoms with van der Waals surface area (Å²) in [6.07, 6.45) is 0.312. The molecule has 0 saturated carbocycles. The van der Waals surface area contributed by atoms with Gasteiger partial charge >= 0.3 is 0 Å². The van der Waals surface area contributed by atoms with Crippen LogP contribution in [0.2, 0.25) is 0 Å². The zero-order valence-electron chi connectivity index (χ0n) is 8.46. The molecular formula is C10H11N3O2S. The number of rotatable bonds is 2. The van der Waals surface area contributed by atoms with Gasteiger partial charge in [-0.25, -0.2) is 0 Å². The molecule has 16 heavy (non-hydrogen) atoms. The molecule has 84 valence electrons. The predicted octanol–water partition coefficient (Wildman–Crippen LogP) is 1.19. The van der Waals surface area contributed by atoms with E-state index in [1.54, 1.807) is 11.3 Å². The van der Waals surface area contributed by atoms with Gasteiger partial charge in [-0.15, -0.1) is 0 Å². The fourth-order valence-electron chi connectivity index (χ4n) is 1.79. The summed E-state index contributed by atoms with van der Waals surface area (Å²) in [5, 5.41) is 20.4. The van der Waals surface area contributed by atoms with Gasteiger partial charge in [-0.2, -0.15) is 16.3 Å². The van der Waals surface area contributed by atoms with Gasteiger partial charge in [-0.3, -0.25) is 0 Å². The van der Waals surface area contributed by atoms with Crippen molar-refractivity contribution in [2.24, 2.45) is 0 Å². The summed E-state index contributed by atoms with van der Waals surface area (Å²) in [4.78, 5) is 4.32. The Morgan fingerprint density at radius 2 is 2.50 bits per heavy atom. The van der Waals surface area contributed by atoms with Crippen molar-refractivity contribution in [2.45, 2.75) is 18.6 Å². The highest BCUT2D eigenvalue weighted by molar-refractivity contribution is 7.08. The second kappa shape index (κ2) is 3.97. The molecule has 3 heterocycles. The van der Waals surface area contributed by atoms with E-state index in [0.29, 0.717) is 24.7 Å². The van der Waals surface area contributed by atoms with E-state index >= 15 is 0 Å². The van der Waals surface area contributed by atoms with E-state index in [1.807, 2.05) is 16.8 Å². The van der Waals surface area contributed by atoms with Crippen LogP contribution in [0.15, 0.2) is 21.3 Å². The van der Waals surface area contributed by atoms with E-state index in [1.165, 1.54) is 0 Å². The van der Waals surface area contributed by atoms with Crippen molar-refractivity contribution in [2.75, 3.05) is 6.54 Å². The highest BCUT2D eigenvalue weighted by Gasteiger charge is 2.28. The molecule has 0 aliphatic carbocycles. The summed E-state index contributed by atoms with van der Waals surface area (Å²) in [6.45, 7) is 0.584. The molecule has 3 rings (SSSR count). The topological polar surface area (TPSA) is 71.2 Å². The maximum absolute atomic E-state index is 9.40. The average Bonchev–Trinajstić information content (AvgIpc) is 2.97. The summed E-state index contributed by atoms with van der Waals surface area (Å²) in [5.41, 5.74) is 0.971. The second-order valence-electron chi connectivity index (χ2n) is 3.82. The lowest BCUT2D eigenvalue weighted by Gasteiger charge is -2.01.